The van der Waals surface area contributed by atoms with Crippen LogP contribution in [-0.2, 0) is 4.79 Å². The molecule has 0 aliphatic heterocycles. The lowest BCUT2D eigenvalue weighted by Crippen LogP contribution is -2.19. The monoisotopic (exact) mass is 193 g/mol. The van der Waals surface area contributed by atoms with Gasteiger partial charge in [0.25, 0.3) is 0 Å². The van der Waals surface area contributed by atoms with Crippen LogP contribution in [0.25, 0.3) is 0 Å². The van der Waals surface area contributed by atoms with E-state index in [0.717, 1.165) is 5.56 Å². The van der Waals surface area contributed by atoms with Crippen molar-refractivity contribution in [3.05, 3.63) is 29.8 Å². The van der Waals surface area contributed by atoms with Crippen LogP contribution in [0.4, 0.5) is 0 Å². The normalized spacial score (nSPS) is 12.1. The van der Waals surface area contributed by atoms with E-state index in [0.29, 0.717) is 6.42 Å². The number of benzene rings is 1. The zero-order valence-corrected chi connectivity index (χ0v) is 8.45. The van der Waals surface area contributed by atoms with Crippen molar-refractivity contribution in [1.29, 1.82) is 0 Å². The van der Waals surface area contributed by atoms with E-state index in [9.17, 15) is 4.79 Å². The quantitative estimate of drug-likeness (QED) is 0.766. The van der Waals surface area contributed by atoms with Gasteiger partial charge in [-0.05, 0) is 23.6 Å². The first kappa shape index (κ1) is 10.6. The SMILES string of the molecule is CNC(=O)C[C@H](C)c1ccc(O)cc1. The van der Waals surface area contributed by atoms with Crippen LogP contribution in [0, 0.1) is 0 Å². The second-order valence-corrected chi connectivity index (χ2v) is 3.37. The maximum Gasteiger partial charge on any atom is 0.220 e. The minimum Gasteiger partial charge on any atom is -0.508 e. The number of hydrogen-bond donors (Lipinski definition) is 2. The third kappa shape index (κ3) is 2.76. The highest BCUT2D eigenvalue weighted by molar-refractivity contribution is 5.76. The van der Waals surface area contributed by atoms with Gasteiger partial charge >= 0.3 is 0 Å². The molecule has 2 N–H and O–H groups in total. The molecule has 0 unspecified atom stereocenters. The molecule has 0 spiro atoms. The van der Waals surface area contributed by atoms with Crippen molar-refractivity contribution in [2.75, 3.05) is 7.05 Å². The Balaban J connectivity index is 2.65. The van der Waals surface area contributed by atoms with Crippen molar-refractivity contribution in [2.24, 2.45) is 0 Å². The Labute approximate surface area is 83.8 Å². The van der Waals surface area contributed by atoms with Crippen LogP contribution in [0.5, 0.6) is 5.75 Å². The summed E-state index contributed by atoms with van der Waals surface area (Å²) in [5.74, 6) is 0.460. The fourth-order valence-corrected chi connectivity index (χ4v) is 1.30. The van der Waals surface area contributed by atoms with Crippen molar-refractivity contribution < 1.29 is 9.90 Å². The number of aromatic hydroxyl groups is 1. The lowest BCUT2D eigenvalue weighted by Gasteiger charge is -2.10. The number of nitrogens with one attached hydrogen (secondary N) is 1. The van der Waals surface area contributed by atoms with Gasteiger partial charge in [0.1, 0.15) is 5.75 Å². The molecule has 0 saturated carbocycles. The van der Waals surface area contributed by atoms with E-state index in [1.807, 2.05) is 19.1 Å². The summed E-state index contributed by atoms with van der Waals surface area (Å²) in [7, 11) is 1.63. The summed E-state index contributed by atoms with van der Waals surface area (Å²) in [6, 6.07) is 6.94. The number of hydrogen-bond acceptors (Lipinski definition) is 2. The Morgan fingerprint density at radius 2 is 2.00 bits per heavy atom. The lowest BCUT2D eigenvalue weighted by molar-refractivity contribution is -0.120. The molecule has 0 heterocycles. The zero-order valence-electron chi connectivity index (χ0n) is 8.45. The molecule has 0 saturated heterocycles. The maximum atomic E-state index is 11.1. The van der Waals surface area contributed by atoms with Gasteiger partial charge in [0.15, 0.2) is 0 Å². The zero-order chi connectivity index (χ0) is 10.6. The minimum atomic E-state index is 0.0329. The molecule has 3 nitrogen and oxygen atoms in total. The van der Waals surface area contributed by atoms with E-state index in [2.05, 4.69) is 5.32 Å². The van der Waals surface area contributed by atoms with E-state index >= 15 is 0 Å². The van der Waals surface area contributed by atoms with E-state index in [1.165, 1.54) is 0 Å². The smallest absolute Gasteiger partial charge is 0.220 e. The Kier molecular flexibility index (Phi) is 3.51. The Hall–Kier alpha value is -1.51. The largest absolute Gasteiger partial charge is 0.508 e. The Bertz CT molecular complexity index is 306. The second-order valence-electron chi connectivity index (χ2n) is 3.37. The van der Waals surface area contributed by atoms with E-state index in [4.69, 9.17) is 5.11 Å². The molecule has 0 bridgehead atoms. The Morgan fingerprint density at radius 3 is 2.50 bits per heavy atom. The molecule has 0 aromatic heterocycles. The molecule has 14 heavy (non-hydrogen) atoms. The van der Waals surface area contributed by atoms with Gasteiger partial charge < -0.3 is 10.4 Å². The van der Waals surface area contributed by atoms with Gasteiger partial charge in [-0.25, -0.2) is 0 Å². The minimum absolute atomic E-state index is 0.0329. The predicted molar refractivity (Wildman–Crippen MR) is 55.2 cm³/mol. The molecule has 1 amide bonds. The van der Waals surface area contributed by atoms with Gasteiger partial charge in [-0.1, -0.05) is 19.1 Å². The molecule has 1 atom stereocenters. The standard InChI is InChI=1S/C11H15NO2/c1-8(7-11(14)12-2)9-3-5-10(13)6-4-9/h3-6,8,13H,7H2,1-2H3,(H,12,14)/t8-/m0/s1. The molecule has 0 radical (unpaired) electrons. The molecule has 0 aliphatic rings. The first-order valence-electron chi connectivity index (χ1n) is 4.63. The summed E-state index contributed by atoms with van der Waals surface area (Å²) in [5.41, 5.74) is 1.06. The third-order valence-electron chi connectivity index (χ3n) is 2.23. The molecule has 1 aromatic carbocycles. The van der Waals surface area contributed by atoms with Gasteiger partial charge in [0, 0.05) is 13.5 Å². The van der Waals surface area contributed by atoms with E-state index < -0.39 is 0 Å². The van der Waals surface area contributed by atoms with Gasteiger partial charge in [-0.15, -0.1) is 0 Å². The highest BCUT2D eigenvalue weighted by atomic mass is 16.3. The average Bonchev–Trinajstić information content (AvgIpc) is 2.18. The number of rotatable bonds is 3. The van der Waals surface area contributed by atoms with Crippen LogP contribution in [0.15, 0.2) is 24.3 Å². The highest BCUT2D eigenvalue weighted by Gasteiger charge is 2.09. The summed E-state index contributed by atoms with van der Waals surface area (Å²) >= 11 is 0. The molecule has 1 rings (SSSR count). The molecule has 0 fully saturated rings. The van der Waals surface area contributed by atoms with Crippen LogP contribution in [0.1, 0.15) is 24.8 Å². The first-order valence-corrected chi connectivity index (χ1v) is 4.63. The molecule has 0 aliphatic carbocycles. The highest BCUT2D eigenvalue weighted by Crippen LogP contribution is 2.20. The summed E-state index contributed by atoms with van der Waals surface area (Å²) in [4.78, 5) is 11.1. The molecule has 76 valence electrons. The predicted octanol–water partition coefficient (Wildman–Crippen LogP) is 1.63. The van der Waals surface area contributed by atoms with Crippen LogP contribution < -0.4 is 5.32 Å². The summed E-state index contributed by atoms with van der Waals surface area (Å²) in [5, 5.41) is 11.7. The molecular weight excluding hydrogens is 178 g/mol. The fourth-order valence-electron chi connectivity index (χ4n) is 1.30. The van der Waals surface area contributed by atoms with Crippen molar-refractivity contribution in [1.82, 2.24) is 5.32 Å². The van der Waals surface area contributed by atoms with Crippen LogP contribution in [0.2, 0.25) is 0 Å². The lowest BCUT2D eigenvalue weighted by atomic mass is 9.97. The molecular formula is C11H15NO2. The van der Waals surface area contributed by atoms with Gasteiger partial charge in [0.2, 0.25) is 5.91 Å². The number of carbonyl (C=O) groups is 1. The maximum absolute atomic E-state index is 11.1. The van der Waals surface area contributed by atoms with Crippen molar-refractivity contribution in [2.45, 2.75) is 19.3 Å². The number of phenolic OH excluding ortho intramolecular Hbond substituents is 1. The summed E-state index contributed by atoms with van der Waals surface area (Å²) in [6.45, 7) is 1.99. The van der Waals surface area contributed by atoms with Crippen molar-refractivity contribution in [3.8, 4) is 5.75 Å². The van der Waals surface area contributed by atoms with Gasteiger partial charge in [0.05, 0.1) is 0 Å². The van der Waals surface area contributed by atoms with Crippen LogP contribution in [-0.4, -0.2) is 18.1 Å². The first-order chi connectivity index (χ1) is 6.63. The van der Waals surface area contributed by atoms with E-state index in [-0.39, 0.29) is 17.6 Å². The third-order valence-corrected chi connectivity index (χ3v) is 2.23. The number of phenols is 1. The fraction of sp³-hybridized carbons (Fsp3) is 0.364. The average molecular weight is 193 g/mol. The van der Waals surface area contributed by atoms with Crippen LogP contribution >= 0.6 is 0 Å². The summed E-state index contributed by atoms with van der Waals surface area (Å²) in [6.07, 6.45) is 0.473. The topological polar surface area (TPSA) is 49.3 Å². The summed E-state index contributed by atoms with van der Waals surface area (Å²) < 4.78 is 0. The second kappa shape index (κ2) is 4.65. The van der Waals surface area contributed by atoms with Gasteiger partial charge in [-0.2, -0.15) is 0 Å². The van der Waals surface area contributed by atoms with E-state index in [1.54, 1.807) is 19.2 Å². The Morgan fingerprint density at radius 1 is 1.43 bits per heavy atom. The van der Waals surface area contributed by atoms with Crippen molar-refractivity contribution >= 4 is 5.91 Å². The van der Waals surface area contributed by atoms with Crippen LogP contribution in [0.3, 0.4) is 0 Å². The van der Waals surface area contributed by atoms with Crippen molar-refractivity contribution in [3.63, 3.8) is 0 Å². The number of amides is 1. The molecule has 1 aromatic rings. The van der Waals surface area contributed by atoms with Gasteiger partial charge in [-0.3, -0.25) is 4.79 Å². The number of carbonyl (C=O) groups excluding carboxylic acids is 1. The molecule has 3 heteroatoms.